The second-order valence-electron chi connectivity index (χ2n) is 3.48. The van der Waals surface area contributed by atoms with Crippen molar-refractivity contribution in [3.63, 3.8) is 0 Å². The van der Waals surface area contributed by atoms with Gasteiger partial charge in [0.15, 0.2) is 5.78 Å². The van der Waals surface area contributed by atoms with Crippen LogP contribution in [0, 0.1) is 0 Å². The third kappa shape index (κ3) is 2.97. The van der Waals surface area contributed by atoms with Gasteiger partial charge in [-0.1, -0.05) is 42.6 Å². The first-order chi connectivity index (χ1) is 7.61. The van der Waals surface area contributed by atoms with Crippen LogP contribution in [0.5, 0.6) is 0 Å². The SMILES string of the molecule is CCCC(OC)C(=O)c1cccc(Cl)c1Cl. The Kier molecular flexibility index (Phi) is 5.26. The lowest BCUT2D eigenvalue weighted by atomic mass is 10.0. The van der Waals surface area contributed by atoms with E-state index < -0.39 is 6.10 Å². The molecule has 0 amide bonds. The molecule has 1 aromatic rings. The van der Waals surface area contributed by atoms with Crippen LogP contribution in [0.15, 0.2) is 18.2 Å². The van der Waals surface area contributed by atoms with Gasteiger partial charge in [0.05, 0.1) is 10.0 Å². The molecule has 16 heavy (non-hydrogen) atoms. The molecule has 0 aliphatic rings. The van der Waals surface area contributed by atoms with Gasteiger partial charge in [0, 0.05) is 12.7 Å². The molecule has 4 heteroatoms. The highest BCUT2D eigenvalue weighted by Gasteiger charge is 2.21. The Morgan fingerprint density at radius 1 is 1.44 bits per heavy atom. The smallest absolute Gasteiger partial charge is 0.193 e. The molecule has 88 valence electrons. The third-order valence-corrected chi connectivity index (χ3v) is 3.16. The van der Waals surface area contributed by atoms with Crippen molar-refractivity contribution in [3.8, 4) is 0 Å². The summed E-state index contributed by atoms with van der Waals surface area (Å²) in [5.41, 5.74) is 0.425. The van der Waals surface area contributed by atoms with E-state index in [-0.39, 0.29) is 5.78 Å². The highest BCUT2D eigenvalue weighted by atomic mass is 35.5. The first kappa shape index (κ1) is 13.5. The van der Waals surface area contributed by atoms with E-state index in [4.69, 9.17) is 27.9 Å². The highest BCUT2D eigenvalue weighted by molar-refractivity contribution is 6.44. The fraction of sp³-hybridized carbons (Fsp3) is 0.417. The van der Waals surface area contributed by atoms with Crippen LogP contribution < -0.4 is 0 Å². The van der Waals surface area contributed by atoms with E-state index in [0.717, 1.165) is 6.42 Å². The molecule has 1 atom stereocenters. The molecule has 0 spiro atoms. The van der Waals surface area contributed by atoms with Crippen molar-refractivity contribution < 1.29 is 9.53 Å². The van der Waals surface area contributed by atoms with Gasteiger partial charge in [-0.15, -0.1) is 0 Å². The molecule has 0 N–H and O–H groups in total. The standard InChI is InChI=1S/C12H14Cl2O2/c1-3-5-10(16-2)12(15)8-6-4-7-9(13)11(8)14/h4,6-7,10H,3,5H2,1-2H3. The quantitative estimate of drug-likeness (QED) is 0.749. The number of ketones is 1. The van der Waals surface area contributed by atoms with Crippen LogP contribution in [0.4, 0.5) is 0 Å². The normalized spacial score (nSPS) is 12.5. The minimum Gasteiger partial charge on any atom is -0.373 e. The van der Waals surface area contributed by atoms with Gasteiger partial charge in [-0.3, -0.25) is 4.79 Å². The number of ether oxygens (including phenoxy) is 1. The lowest BCUT2D eigenvalue weighted by molar-refractivity contribution is 0.0579. The molecule has 0 aliphatic heterocycles. The van der Waals surface area contributed by atoms with Crippen LogP contribution in [0.3, 0.4) is 0 Å². The molecule has 2 nitrogen and oxygen atoms in total. The molecular weight excluding hydrogens is 247 g/mol. The fourth-order valence-electron chi connectivity index (χ4n) is 1.49. The molecular formula is C12H14Cl2O2. The minimum atomic E-state index is -0.444. The summed E-state index contributed by atoms with van der Waals surface area (Å²) >= 11 is 11.8. The van der Waals surface area contributed by atoms with Crippen molar-refractivity contribution in [3.05, 3.63) is 33.8 Å². The first-order valence-corrected chi connectivity index (χ1v) is 5.88. The second kappa shape index (κ2) is 6.24. The van der Waals surface area contributed by atoms with E-state index >= 15 is 0 Å². The van der Waals surface area contributed by atoms with Gasteiger partial charge in [-0.05, 0) is 18.6 Å². The number of methoxy groups -OCH3 is 1. The number of benzene rings is 1. The summed E-state index contributed by atoms with van der Waals surface area (Å²) in [5.74, 6) is -0.114. The average Bonchev–Trinajstić information content (AvgIpc) is 2.29. The Morgan fingerprint density at radius 3 is 2.69 bits per heavy atom. The molecule has 1 unspecified atom stereocenters. The van der Waals surface area contributed by atoms with Gasteiger partial charge in [0.1, 0.15) is 6.10 Å². The Labute approximate surface area is 106 Å². The summed E-state index contributed by atoms with van der Waals surface area (Å²) in [4.78, 5) is 12.1. The Balaban J connectivity index is 2.99. The monoisotopic (exact) mass is 260 g/mol. The summed E-state index contributed by atoms with van der Waals surface area (Å²) < 4.78 is 5.15. The molecule has 0 fully saturated rings. The molecule has 0 saturated carbocycles. The maximum absolute atomic E-state index is 12.1. The summed E-state index contributed by atoms with van der Waals surface area (Å²) in [6.07, 6.45) is 1.11. The van der Waals surface area contributed by atoms with Crippen LogP contribution in [-0.4, -0.2) is 19.0 Å². The number of hydrogen-bond acceptors (Lipinski definition) is 2. The van der Waals surface area contributed by atoms with E-state index in [0.29, 0.717) is 22.0 Å². The zero-order valence-corrected chi connectivity index (χ0v) is 10.8. The van der Waals surface area contributed by atoms with Gasteiger partial charge >= 0.3 is 0 Å². The van der Waals surface area contributed by atoms with Crippen LogP contribution in [0.2, 0.25) is 10.0 Å². The molecule has 0 aliphatic carbocycles. The van der Waals surface area contributed by atoms with E-state index in [1.54, 1.807) is 18.2 Å². The molecule has 0 bridgehead atoms. The number of Topliss-reactive ketones (excluding diaryl/α,β-unsaturated/α-hetero) is 1. The predicted octanol–water partition coefficient (Wildman–Crippen LogP) is 3.99. The number of carbonyl (C=O) groups is 1. The molecule has 0 heterocycles. The largest absolute Gasteiger partial charge is 0.373 e. The lowest BCUT2D eigenvalue weighted by Crippen LogP contribution is -2.23. The van der Waals surface area contributed by atoms with Gasteiger partial charge in [-0.25, -0.2) is 0 Å². The van der Waals surface area contributed by atoms with E-state index in [2.05, 4.69) is 0 Å². The van der Waals surface area contributed by atoms with Crippen molar-refractivity contribution in [2.75, 3.05) is 7.11 Å². The lowest BCUT2D eigenvalue weighted by Gasteiger charge is -2.14. The van der Waals surface area contributed by atoms with Crippen molar-refractivity contribution in [2.24, 2.45) is 0 Å². The number of hydrogen-bond donors (Lipinski definition) is 0. The highest BCUT2D eigenvalue weighted by Crippen LogP contribution is 2.27. The predicted molar refractivity (Wildman–Crippen MR) is 66.5 cm³/mol. The van der Waals surface area contributed by atoms with Gasteiger partial charge in [0.2, 0.25) is 0 Å². The van der Waals surface area contributed by atoms with E-state index in [9.17, 15) is 4.79 Å². The summed E-state index contributed by atoms with van der Waals surface area (Å²) in [6.45, 7) is 2.00. The third-order valence-electron chi connectivity index (χ3n) is 2.34. The molecule has 0 radical (unpaired) electrons. The van der Waals surface area contributed by atoms with Gasteiger partial charge < -0.3 is 4.74 Å². The Morgan fingerprint density at radius 2 is 2.12 bits per heavy atom. The maximum Gasteiger partial charge on any atom is 0.193 e. The molecule has 0 aromatic heterocycles. The van der Waals surface area contributed by atoms with Gasteiger partial charge in [0.25, 0.3) is 0 Å². The van der Waals surface area contributed by atoms with Crippen LogP contribution >= 0.6 is 23.2 Å². The number of rotatable bonds is 5. The van der Waals surface area contributed by atoms with Gasteiger partial charge in [-0.2, -0.15) is 0 Å². The molecule has 1 rings (SSSR count). The van der Waals surface area contributed by atoms with Crippen molar-refractivity contribution in [1.82, 2.24) is 0 Å². The molecule has 0 saturated heterocycles. The Hall–Kier alpha value is -0.570. The zero-order valence-electron chi connectivity index (χ0n) is 9.30. The second-order valence-corrected chi connectivity index (χ2v) is 4.26. The summed E-state index contributed by atoms with van der Waals surface area (Å²) in [7, 11) is 1.52. The van der Waals surface area contributed by atoms with Crippen molar-refractivity contribution in [1.29, 1.82) is 0 Å². The van der Waals surface area contributed by atoms with Crippen LogP contribution in [-0.2, 0) is 4.74 Å². The average molecular weight is 261 g/mol. The summed E-state index contributed by atoms with van der Waals surface area (Å²) in [5, 5.41) is 0.686. The molecule has 1 aromatic carbocycles. The van der Waals surface area contributed by atoms with E-state index in [1.165, 1.54) is 7.11 Å². The van der Waals surface area contributed by atoms with Crippen LogP contribution in [0.25, 0.3) is 0 Å². The van der Waals surface area contributed by atoms with Crippen molar-refractivity contribution in [2.45, 2.75) is 25.9 Å². The zero-order chi connectivity index (χ0) is 12.1. The topological polar surface area (TPSA) is 26.3 Å². The Bertz CT molecular complexity index is 377. The number of carbonyl (C=O) groups excluding carboxylic acids is 1. The first-order valence-electron chi connectivity index (χ1n) is 5.12. The van der Waals surface area contributed by atoms with Crippen LogP contribution in [0.1, 0.15) is 30.1 Å². The maximum atomic E-state index is 12.1. The fourth-order valence-corrected chi connectivity index (χ4v) is 1.88. The summed E-state index contributed by atoms with van der Waals surface area (Å²) in [6, 6.07) is 5.03. The number of halogens is 2. The van der Waals surface area contributed by atoms with E-state index in [1.807, 2.05) is 6.92 Å². The van der Waals surface area contributed by atoms with Crippen molar-refractivity contribution >= 4 is 29.0 Å². The minimum absolute atomic E-state index is 0.114.